The first kappa shape index (κ1) is 20.5. The van der Waals surface area contributed by atoms with Gasteiger partial charge in [0, 0.05) is 21.2 Å². The zero-order chi connectivity index (χ0) is 21.8. The van der Waals surface area contributed by atoms with E-state index in [0.29, 0.717) is 23.3 Å². The third kappa shape index (κ3) is 3.41. The van der Waals surface area contributed by atoms with Crippen molar-refractivity contribution >= 4 is 52.2 Å². The van der Waals surface area contributed by atoms with Crippen LogP contribution < -0.4 is 21.1 Å². The second-order valence-corrected chi connectivity index (χ2v) is 10.8. The smallest absolute Gasteiger partial charge is 0.249 e. The minimum absolute atomic E-state index is 0.0657. The van der Waals surface area contributed by atoms with Crippen LogP contribution in [0.25, 0.3) is 5.00 Å². The average Bonchev–Trinajstić information content (AvgIpc) is 3.48. The molecule has 0 radical (unpaired) electrons. The number of hydrogen-bond acceptors (Lipinski definition) is 8. The number of hydrogen-bond donors (Lipinski definition) is 3. The van der Waals surface area contributed by atoms with Gasteiger partial charge in [-0.3, -0.25) is 15.1 Å². The molecule has 11 heteroatoms. The number of amides is 1. The fourth-order valence-electron chi connectivity index (χ4n) is 4.62. The van der Waals surface area contributed by atoms with Crippen molar-refractivity contribution in [1.82, 2.24) is 25.5 Å². The predicted molar refractivity (Wildman–Crippen MR) is 128 cm³/mol. The first-order valence-corrected chi connectivity index (χ1v) is 12.8. The van der Waals surface area contributed by atoms with Crippen LogP contribution >= 0.6 is 34.7 Å². The number of halogens is 1. The van der Waals surface area contributed by atoms with Crippen LogP contribution in [-0.2, 0) is 17.6 Å². The molecule has 1 aromatic carbocycles. The number of aromatic nitrogens is 3. The monoisotopic (exact) mass is 487 g/mol. The molecule has 166 valence electrons. The van der Waals surface area contributed by atoms with E-state index in [0.717, 1.165) is 23.9 Å². The molecule has 2 aliphatic heterocycles. The standard InChI is InChI=1S/C21H22ClN7OS2/c1-11-5-6-15-14(7-11)17-18-23-10-24-29(18)20-26-27-21(28(20)19(17)32-15)31-9-16(30)25-13-4-2-3-12(22)8-13/h2-4,8,11,18,23-24H,5-7,9-10H2,1H3,(H,25,30)/t11-,18?/m1/s1. The molecule has 4 heterocycles. The lowest BCUT2D eigenvalue weighted by Crippen LogP contribution is -2.39. The molecule has 1 amide bonds. The third-order valence-corrected chi connectivity index (χ3v) is 8.54. The number of thiophene rings is 1. The number of nitrogens with zero attached hydrogens (tertiary/aromatic N) is 4. The van der Waals surface area contributed by atoms with Crippen LogP contribution in [0.5, 0.6) is 0 Å². The van der Waals surface area contributed by atoms with E-state index >= 15 is 0 Å². The highest BCUT2D eigenvalue weighted by molar-refractivity contribution is 7.99. The minimum atomic E-state index is -0.108. The molecule has 2 atom stereocenters. The zero-order valence-corrected chi connectivity index (χ0v) is 19.8. The summed E-state index contributed by atoms with van der Waals surface area (Å²) in [7, 11) is 0. The van der Waals surface area contributed by atoms with Crippen LogP contribution in [0.4, 0.5) is 11.6 Å². The maximum absolute atomic E-state index is 12.5. The fraction of sp³-hybridized carbons (Fsp3) is 0.381. The van der Waals surface area contributed by atoms with Gasteiger partial charge in [0.25, 0.3) is 0 Å². The van der Waals surface area contributed by atoms with Gasteiger partial charge in [0.15, 0.2) is 5.16 Å². The number of anilines is 2. The van der Waals surface area contributed by atoms with E-state index in [9.17, 15) is 4.79 Å². The first-order chi connectivity index (χ1) is 15.6. The molecule has 1 fully saturated rings. The molecule has 3 aromatic rings. The lowest BCUT2D eigenvalue weighted by molar-refractivity contribution is -0.113. The van der Waals surface area contributed by atoms with Crippen LogP contribution in [0.15, 0.2) is 29.4 Å². The molecule has 8 nitrogen and oxygen atoms in total. The van der Waals surface area contributed by atoms with Gasteiger partial charge in [0.1, 0.15) is 11.2 Å². The van der Waals surface area contributed by atoms with Gasteiger partial charge in [-0.2, -0.15) is 0 Å². The Balaban J connectivity index is 1.30. The van der Waals surface area contributed by atoms with Crippen molar-refractivity contribution in [2.75, 3.05) is 22.7 Å². The van der Waals surface area contributed by atoms with E-state index in [2.05, 4.69) is 42.8 Å². The van der Waals surface area contributed by atoms with Gasteiger partial charge in [-0.15, -0.1) is 21.5 Å². The number of thioether (sulfide) groups is 1. The molecule has 3 N–H and O–H groups in total. The van der Waals surface area contributed by atoms with Gasteiger partial charge < -0.3 is 5.32 Å². The molecular formula is C21H22ClN7OS2. The summed E-state index contributed by atoms with van der Waals surface area (Å²) in [5, 5.41) is 19.9. The number of rotatable bonds is 4. The Morgan fingerprint density at radius 3 is 3.19 bits per heavy atom. The Kier molecular flexibility index (Phi) is 5.14. The highest BCUT2D eigenvalue weighted by Crippen LogP contribution is 2.48. The number of aryl methyl sites for hydroxylation is 1. The van der Waals surface area contributed by atoms with Crippen molar-refractivity contribution in [2.24, 2.45) is 5.92 Å². The molecule has 2 aromatic heterocycles. The summed E-state index contributed by atoms with van der Waals surface area (Å²) in [6.07, 6.45) is 3.52. The van der Waals surface area contributed by atoms with E-state index < -0.39 is 0 Å². The maximum Gasteiger partial charge on any atom is 0.249 e. The third-order valence-electron chi connectivity index (χ3n) is 6.08. The summed E-state index contributed by atoms with van der Waals surface area (Å²) in [5.41, 5.74) is 6.87. The first-order valence-electron chi connectivity index (χ1n) is 10.6. The SMILES string of the molecule is C[C@@H]1CCc2sc3c(c2C1)C1NCNN1c1nnc(SCC(=O)Nc2cccc(Cl)c2)n1-3. The van der Waals surface area contributed by atoms with Gasteiger partial charge in [0.2, 0.25) is 11.9 Å². The number of nitrogens with one attached hydrogen (secondary N) is 3. The summed E-state index contributed by atoms with van der Waals surface area (Å²) < 4.78 is 2.11. The molecule has 0 bridgehead atoms. The summed E-state index contributed by atoms with van der Waals surface area (Å²) >= 11 is 9.26. The van der Waals surface area contributed by atoms with Gasteiger partial charge in [-0.1, -0.05) is 36.4 Å². The van der Waals surface area contributed by atoms with Gasteiger partial charge in [-0.25, -0.2) is 9.99 Å². The molecule has 6 rings (SSSR count). The van der Waals surface area contributed by atoms with Crippen molar-refractivity contribution in [3.8, 4) is 5.00 Å². The molecule has 1 aliphatic carbocycles. The lowest BCUT2D eigenvalue weighted by Gasteiger charge is -2.31. The van der Waals surface area contributed by atoms with E-state index in [1.54, 1.807) is 12.1 Å². The quantitative estimate of drug-likeness (QED) is 0.483. The van der Waals surface area contributed by atoms with Crippen molar-refractivity contribution < 1.29 is 4.79 Å². The molecule has 1 unspecified atom stereocenters. The zero-order valence-electron chi connectivity index (χ0n) is 17.4. The molecule has 3 aliphatic rings. The van der Waals surface area contributed by atoms with Crippen LogP contribution in [0, 0.1) is 5.92 Å². The Morgan fingerprint density at radius 1 is 1.41 bits per heavy atom. The molecule has 0 saturated carbocycles. The normalized spacial score (nSPS) is 21.0. The Hall–Kier alpha value is -2.11. The molecule has 1 saturated heterocycles. The highest BCUT2D eigenvalue weighted by atomic mass is 35.5. The van der Waals surface area contributed by atoms with E-state index in [1.807, 2.05) is 23.5 Å². The van der Waals surface area contributed by atoms with Crippen LogP contribution in [-0.4, -0.2) is 33.1 Å². The highest BCUT2D eigenvalue weighted by Gasteiger charge is 2.42. The van der Waals surface area contributed by atoms with E-state index in [4.69, 9.17) is 11.6 Å². The largest absolute Gasteiger partial charge is 0.325 e. The molecule has 32 heavy (non-hydrogen) atoms. The van der Waals surface area contributed by atoms with Gasteiger partial charge in [0.05, 0.1) is 12.4 Å². The number of carbonyl (C=O) groups excluding carboxylic acids is 1. The Bertz CT molecular complexity index is 1210. The van der Waals surface area contributed by atoms with E-state index in [1.165, 1.54) is 39.2 Å². The predicted octanol–water partition coefficient (Wildman–Crippen LogP) is 3.72. The van der Waals surface area contributed by atoms with Crippen LogP contribution in [0.2, 0.25) is 5.02 Å². The summed E-state index contributed by atoms with van der Waals surface area (Å²) in [5.74, 6) is 1.58. The Labute approximate surface area is 198 Å². The van der Waals surface area contributed by atoms with Crippen LogP contribution in [0.1, 0.15) is 35.5 Å². The second kappa shape index (κ2) is 8.03. The number of hydrazine groups is 1. The van der Waals surface area contributed by atoms with Gasteiger partial charge in [-0.05, 0) is 48.9 Å². The van der Waals surface area contributed by atoms with Crippen molar-refractivity contribution in [1.29, 1.82) is 0 Å². The van der Waals surface area contributed by atoms with Crippen molar-refractivity contribution in [3.05, 3.63) is 45.3 Å². The Morgan fingerprint density at radius 2 is 2.31 bits per heavy atom. The van der Waals surface area contributed by atoms with Crippen LogP contribution in [0.3, 0.4) is 0 Å². The lowest BCUT2D eigenvalue weighted by atomic mass is 9.87. The molecular weight excluding hydrogens is 466 g/mol. The second-order valence-electron chi connectivity index (χ2n) is 8.35. The number of benzene rings is 1. The van der Waals surface area contributed by atoms with E-state index in [-0.39, 0.29) is 17.8 Å². The average molecular weight is 488 g/mol. The fourth-order valence-corrected chi connectivity index (χ4v) is 6.98. The topological polar surface area (TPSA) is 87.1 Å². The summed E-state index contributed by atoms with van der Waals surface area (Å²) in [4.78, 5) is 14.0. The maximum atomic E-state index is 12.5. The number of fused-ring (bicyclic) bond motifs is 8. The van der Waals surface area contributed by atoms with Crippen molar-refractivity contribution in [3.63, 3.8) is 0 Å². The van der Waals surface area contributed by atoms with Crippen molar-refractivity contribution in [2.45, 2.75) is 37.5 Å². The molecule has 0 spiro atoms. The summed E-state index contributed by atoms with van der Waals surface area (Å²) in [6.45, 7) is 3.01. The van der Waals surface area contributed by atoms with Gasteiger partial charge >= 0.3 is 0 Å². The number of carbonyl (C=O) groups is 1. The summed E-state index contributed by atoms with van der Waals surface area (Å²) in [6, 6.07) is 7.15. The minimum Gasteiger partial charge on any atom is -0.325 e.